The van der Waals surface area contributed by atoms with Crippen molar-refractivity contribution >= 4 is 0 Å². The monoisotopic (exact) mass is 233 g/mol. The normalized spacial score (nSPS) is 24.6. The van der Waals surface area contributed by atoms with Gasteiger partial charge in [0.15, 0.2) is 0 Å². The predicted molar refractivity (Wildman–Crippen MR) is 71.4 cm³/mol. The molecule has 1 saturated heterocycles. The van der Waals surface area contributed by atoms with E-state index in [1.807, 2.05) is 13.0 Å². The lowest BCUT2D eigenvalue weighted by Crippen LogP contribution is -2.31. The summed E-state index contributed by atoms with van der Waals surface area (Å²) in [6.07, 6.45) is 3.87. The minimum atomic E-state index is 0.508. The Morgan fingerprint density at radius 2 is 2.24 bits per heavy atom. The summed E-state index contributed by atoms with van der Waals surface area (Å²) in [7, 11) is 0. The maximum atomic E-state index is 5.56. The summed E-state index contributed by atoms with van der Waals surface area (Å²) >= 11 is 0. The van der Waals surface area contributed by atoms with Crippen LogP contribution in [0, 0.1) is 5.92 Å². The molecular formula is C15H23NO. The van der Waals surface area contributed by atoms with Gasteiger partial charge in [-0.2, -0.15) is 0 Å². The minimum absolute atomic E-state index is 0.508. The molecule has 0 aromatic heterocycles. The van der Waals surface area contributed by atoms with E-state index in [2.05, 4.69) is 30.4 Å². The van der Waals surface area contributed by atoms with E-state index in [0.717, 1.165) is 24.8 Å². The fraction of sp³-hybridized carbons (Fsp3) is 0.600. The maximum absolute atomic E-state index is 5.56. The largest absolute Gasteiger partial charge is 0.494 e. The van der Waals surface area contributed by atoms with Gasteiger partial charge < -0.3 is 10.1 Å². The van der Waals surface area contributed by atoms with Crippen LogP contribution in [0.15, 0.2) is 24.3 Å². The topological polar surface area (TPSA) is 21.3 Å². The highest BCUT2D eigenvalue weighted by molar-refractivity contribution is 5.30. The third kappa shape index (κ3) is 3.22. The molecule has 2 heteroatoms. The SMILES string of the molecule is CCOc1cccc(C2CC(CC)CCN2)c1. The first-order chi connectivity index (χ1) is 8.33. The van der Waals surface area contributed by atoms with Crippen LogP contribution >= 0.6 is 0 Å². The van der Waals surface area contributed by atoms with Crippen molar-refractivity contribution in [2.75, 3.05) is 13.2 Å². The Hall–Kier alpha value is -1.02. The zero-order chi connectivity index (χ0) is 12.1. The third-order valence-corrected chi connectivity index (χ3v) is 3.66. The van der Waals surface area contributed by atoms with Gasteiger partial charge in [-0.1, -0.05) is 25.5 Å². The van der Waals surface area contributed by atoms with E-state index in [-0.39, 0.29) is 0 Å². The summed E-state index contributed by atoms with van der Waals surface area (Å²) in [4.78, 5) is 0. The molecule has 2 unspecified atom stereocenters. The average molecular weight is 233 g/mol. The minimum Gasteiger partial charge on any atom is -0.494 e. The van der Waals surface area contributed by atoms with Gasteiger partial charge in [-0.05, 0) is 49.9 Å². The van der Waals surface area contributed by atoms with Crippen LogP contribution in [0.25, 0.3) is 0 Å². The molecule has 1 fully saturated rings. The van der Waals surface area contributed by atoms with Crippen molar-refractivity contribution in [3.8, 4) is 5.75 Å². The quantitative estimate of drug-likeness (QED) is 0.859. The molecule has 0 spiro atoms. The molecule has 1 aliphatic heterocycles. The molecule has 2 nitrogen and oxygen atoms in total. The highest BCUT2D eigenvalue weighted by Gasteiger charge is 2.21. The fourth-order valence-corrected chi connectivity index (χ4v) is 2.61. The van der Waals surface area contributed by atoms with Gasteiger partial charge in [0.25, 0.3) is 0 Å². The lowest BCUT2D eigenvalue weighted by atomic mass is 9.87. The van der Waals surface area contributed by atoms with E-state index in [9.17, 15) is 0 Å². The predicted octanol–water partition coefficient (Wildman–Crippen LogP) is 3.54. The standard InChI is InChI=1S/C15H23NO/c1-3-12-8-9-16-15(10-12)13-6-5-7-14(11-13)17-4-2/h5-7,11-12,15-16H,3-4,8-10H2,1-2H3. The summed E-state index contributed by atoms with van der Waals surface area (Å²) in [6.45, 7) is 6.20. The van der Waals surface area contributed by atoms with Crippen molar-refractivity contribution in [2.24, 2.45) is 5.92 Å². The fourth-order valence-electron chi connectivity index (χ4n) is 2.61. The summed E-state index contributed by atoms with van der Waals surface area (Å²) in [5.74, 6) is 1.86. The van der Waals surface area contributed by atoms with Crippen molar-refractivity contribution in [3.63, 3.8) is 0 Å². The van der Waals surface area contributed by atoms with Crippen molar-refractivity contribution < 1.29 is 4.74 Å². The number of hydrogen-bond donors (Lipinski definition) is 1. The second-order valence-corrected chi connectivity index (χ2v) is 4.81. The molecular weight excluding hydrogens is 210 g/mol. The average Bonchev–Trinajstić information content (AvgIpc) is 2.40. The summed E-state index contributed by atoms with van der Waals surface area (Å²) in [5.41, 5.74) is 1.37. The Labute approximate surface area is 104 Å². The van der Waals surface area contributed by atoms with Gasteiger partial charge in [-0.15, -0.1) is 0 Å². The van der Waals surface area contributed by atoms with Crippen molar-refractivity contribution in [1.82, 2.24) is 5.32 Å². The summed E-state index contributed by atoms with van der Waals surface area (Å²) in [5, 5.41) is 3.61. The van der Waals surface area contributed by atoms with E-state index in [0.29, 0.717) is 6.04 Å². The van der Waals surface area contributed by atoms with Crippen LogP contribution in [-0.4, -0.2) is 13.2 Å². The molecule has 1 N–H and O–H groups in total. The number of ether oxygens (including phenoxy) is 1. The number of nitrogens with one attached hydrogen (secondary N) is 1. The first-order valence-corrected chi connectivity index (χ1v) is 6.79. The van der Waals surface area contributed by atoms with Crippen molar-refractivity contribution in [2.45, 2.75) is 39.2 Å². The van der Waals surface area contributed by atoms with Gasteiger partial charge in [0.2, 0.25) is 0 Å². The van der Waals surface area contributed by atoms with Gasteiger partial charge >= 0.3 is 0 Å². The van der Waals surface area contributed by atoms with E-state index in [4.69, 9.17) is 4.74 Å². The van der Waals surface area contributed by atoms with E-state index in [1.165, 1.54) is 24.8 Å². The van der Waals surface area contributed by atoms with Crippen LogP contribution in [0.2, 0.25) is 0 Å². The van der Waals surface area contributed by atoms with Crippen LogP contribution in [0.5, 0.6) is 5.75 Å². The summed E-state index contributed by atoms with van der Waals surface area (Å²) in [6, 6.07) is 9.02. The molecule has 2 rings (SSSR count). The zero-order valence-electron chi connectivity index (χ0n) is 10.9. The summed E-state index contributed by atoms with van der Waals surface area (Å²) < 4.78 is 5.56. The molecule has 94 valence electrons. The molecule has 0 saturated carbocycles. The smallest absolute Gasteiger partial charge is 0.119 e. The van der Waals surface area contributed by atoms with Crippen LogP contribution in [-0.2, 0) is 0 Å². The third-order valence-electron chi connectivity index (χ3n) is 3.66. The Kier molecular flexibility index (Phi) is 4.43. The van der Waals surface area contributed by atoms with E-state index < -0.39 is 0 Å². The molecule has 0 bridgehead atoms. The maximum Gasteiger partial charge on any atom is 0.119 e. The Balaban J connectivity index is 2.07. The lowest BCUT2D eigenvalue weighted by molar-refractivity contribution is 0.297. The highest BCUT2D eigenvalue weighted by atomic mass is 16.5. The molecule has 0 amide bonds. The Bertz CT molecular complexity index is 351. The van der Waals surface area contributed by atoms with Gasteiger partial charge in [0.05, 0.1) is 6.61 Å². The zero-order valence-corrected chi connectivity index (χ0v) is 10.9. The molecule has 1 aliphatic rings. The molecule has 0 radical (unpaired) electrons. The van der Waals surface area contributed by atoms with Gasteiger partial charge in [-0.3, -0.25) is 0 Å². The van der Waals surface area contributed by atoms with Crippen molar-refractivity contribution in [1.29, 1.82) is 0 Å². The lowest BCUT2D eigenvalue weighted by Gasteiger charge is -2.30. The molecule has 2 atom stereocenters. The Morgan fingerprint density at radius 1 is 1.35 bits per heavy atom. The molecule has 0 aliphatic carbocycles. The van der Waals surface area contributed by atoms with E-state index in [1.54, 1.807) is 0 Å². The molecule has 1 aromatic rings. The molecule has 1 heterocycles. The van der Waals surface area contributed by atoms with Crippen molar-refractivity contribution in [3.05, 3.63) is 29.8 Å². The second kappa shape index (κ2) is 6.06. The van der Waals surface area contributed by atoms with Crippen LogP contribution < -0.4 is 10.1 Å². The van der Waals surface area contributed by atoms with Gasteiger partial charge in [-0.25, -0.2) is 0 Å². The first kappa shape index (κ1) is 12.4. The number of hydrogen-bond acceptors (Lipinski definition) is 2. The number of benzene rings is 1. The van der Waals surface area contributed by atoms with Crippen LogP contribution in [0.3, 0.4) is 0 Å². The molecule has 17 heavy (non-hydrogen) atoms. The van der Waals surface area contributed by atoms with Gasteiger partial charge in [0.1, 0.15) is 5.75 Å². The Morgan fingerprint density at radius 3 is 3.00 bits per heavy atom. The van der Waals surface area contributed by atoms with Crippen LogP contribution in [0.4, 0.5) is 0 Å². The number of rotatable bonds is 4. The van der Waals surface area contributed by atoms with E-state index >= 15 is 0 Å². The molecule has 1 aromatic carbocycles. The number of piperidine rings is 1. The second-order valence-electron chi connectivity index (χ2n) is 4.81. The van der Waals surface area contributed by atoms with Gasteiger partial charge in [0, 0.05) is 6.04 Å². The first-order valence-electron chi connectivity index (χ1n) is 6.79. The highest BCUT2D eigenvalue weighted by Crippen LogP contribution is 2.30. The van der Waals surface area contributed by atoms with Crippen LogP contribution in [0.1, 0.15) is 44.7 Å².